The smallest absolute Gasteiger partial charge is 0.255 e. The Morgan fingerprint density at radius 3 is 0.842 bits per heavy atom. The highest BCUT2D eigenvalue weighted by molar-refractivity contribution is 6.98. The lowest BCUT2D eigenvalue weighted by Gasteiger charge is -2.31. The molecule has 0 spiro atoms. The van der Waals surface area contributed by atoms with Crippen molar-refractivity contribution in [2.45, 2.75) is 50.6 Å². The van der Waals surface area contributed by atoms with Gasteiger partial charge in [0, 0.05) is 14.2 Å². The molecule has 0 aliphatic carbocycles. The van der Waals surface area contributed by atoms with Gasteiger partial charge < -0.3 is 8.85 Å². The molecule has 4 heteroatoms. The number of unbranched alkanes of at least 4 members (excludes halogenated alkanes) is 5. The molecule has 198 valence electrons. The second kappa shape index (κ2) is 14.4. The minimum atomic E-state index is -2.21. The minimum absolute atomic E-state index is 1.12. The van der Waals surface area contributed by atoms with Crippen molar-refractivity contribution in [2.75, 3.05) is 14.2 Å². The highest BCUT2D eigenvalue weighted by atomic mass is 28.4. The van der Waals surface area contributed by atoms with Gasteiger partial charge in [0.15, 0.2) is 0 Å². The van der Waals surface area contributed by atoms with Crippen LogP contribution in [-0.2, 0) is 8.85 Å². The van der Waals surface area contributed by atoms with Crippen LogP contribution in [0.4, 0.5) is 0 Å². The van der Waals surface area contributed by atoms with Crippen molar-refractivity contribution >= 4 is 37.4 Å². The van der Waals surface area contributed by atoms with Gasteiger partial charge in [-0.2, -0.15) is 0 Å². The van der Waals surface area contributed by atoms with Crippen LogP contribution < -0.4 is 20.7 Å². The fraction of sp³-hybridized carbons (Fsp3) is 0.294. The molecule has 0 saturated heterocycles. The van der Waals surface area contributed by atoms with Crippen LogP contribution in [-0.4, -0.2) is 30.9 Å². The molecule has 0 aromatic heterocycles. The summed E-state index contributed by atoms with van der Waals surface area (Å²) in [5.74, 6) is 0. The zero-order valence-electron chi connectivity index (χ0n) is 23.0. The molecule has 0 amide bonds. The highest BCUT2D eigenvalue weighted by Crippen LogP contribution is 2.21. The Labute approximate surface area is 231 Å². The van der Waals surface area contributed by atoms with Crippen molar-refractivity contribution in [2.24, 2.45) is 0 Å². The molecule has 0 radical (unpaired) electrons. The van der Waals surface area contributed by atoms with Gasteiger partial charge in [-0.1, -0.05) is 160 Å². The van der Waals surface area contributed by atoms with Crippen LogP contribution >= 0.6 is 0 Å². The molecule has 38 heavy (non-hydrogen) atoms. The van der Waals surface area contributed by atoms with Crippen molar-refractivity contribution in [3.63, 3.8) is 0 Å². The van der Waals surface area contributed by atoms with Gasteiger partial charge in [-0.15, -0.1) is 0 Å². The summed E-state index contributed by atoms with van der Waals surface area (Å²) in [6.07, 6.45) is 7.46. The molecule has 0 atom stereocenters. The van der Waals surface area contributed by atoms with Gasteiger partial charge in [0.2, 0.25) is 0 Å². The van der Waals surface area contributed by atoms with Crippen LogP contribution in [0.5, 0.6) is 0 Å². The molecule has 0 aliphatic rings. The predicted molar refractivity (Wildman–Crippen MR) is 167 cm³/mol. The van der Waals surface area contributed by atoms with E-state index in [4.69, 9.17) is 8.85 Å². The van der Waals surface area contributed by atoms with Gasteiger partial charge in [0.1, 0.15) is 0 Å². The number of hydrogen-bond acceptors (Lipinski definition) is 2. The summed E-state index contributed by atoms with van der Waals surface area (Å²) >= 11 is 0. The molecule has 4 aromatic carbocycles. The first kappa shape index (κ1) is 28.2. The summed E-state index contributed by atoms with van der Waals surface area (Å²) in [7, 11) is -0.597. The van der Waals surface area contributed by atoms with Gasteiger partial charge in [-0.05, 0) is 32.8 Å². The van der Waals surface area contributed by atoms with E-state index in [1.54, 1.807) is 0 Å². The molecule has 2 nitrogen and oxygen atoms in total. The van der Waals surface area contributed by atoms with Crippen LogP contribution in [0.25, 0.3) is 0 Å². The summed E-state index contributed by atoms with van der Waals surface area (Å²) < 4.78 is 12.8. The first-order valence-electron chi connectivity index (χ1n) is 14.1. The third kappa shape index (κ3) is 6.62. The molecule has 4 rings (SSSR count). The number of hydrogen-bond donors (Lipinski definition) is 0. The zero-order chi connectivity index (χ0) is 26.5. The largest absolute Gasteiger partial charge is 0.411 e. The number of benzene rings is 4. The van der Waals surface area contributed by atoms with E-state index in [0.29, 0.717) is 0 Å². The standard InChI is InChI=1S/C34H42O2Si2/c1-35-37(31-21-11-7-12-22-31,32-23-13-8-14-24-32)29-19-5-3-4-6-20-30-38(36-2,33-25-15-9-16-26-33)34-27-17-10-18-28-34/h7-18,21-28H,3-6,19-20,29-30H2,1-2H3. The Bertz CT molecular complexity index is 1010. The fourth-order valence-corrected chi connectivity index (χ4v) is 13.5. The van der Waals surface area contributed by atoms with Crippen LogP contribution in [0.2, 0.25) is 12.1 Å². The second-order valence-electron chi connectivity index (χ2n) is 10.1. The van der Waals surface area contributed by atoms with Crippen molar-refractivity contribution < 1.29 is 8.85 Å². The summed E-state index contributed by atoms with van der Waals surface area (Å²) in [5.41, 5.74) is 0. The van der Waals surface area contributed by atoms with E-state index in [1.807, 2.05) is 14.2 Å². The van der Waals surface area contributed by atoms with Crippen molar-refractivity contribution in [1.29, 1.82) is 0 Å². The molecule has 0 N–H and O–H groups in total. The monoisotopic (exact) mass is 538 g/mol. The molecule has 0 bridgehead atoms. The van der Waals surface area contributed by atoms with Crippen LogP contribution in [0.3, 0.4) is 0 Å². The van der Waals surface area contributed by atoms with Gasteiger partial charge in [0.05, 0.1) is 0 Å². The minimum Gasteiger partial charge on any atom is -0.411 e. The molecule has 0 saturated carbocycles. The molecule has 4 aromatic rings. The Kier molecular flexibility index (Phi) is 10.7. The van der Waals surface area contributed by atoms with Crippen LogP contribution in [0, 0.1) is 0 Å². The van der Waals surface area contributed by atoms with E-state index in [-0.39, 0.29) is 0 Å². The van der Waals surface area contributed by atoms with Crippen molar-refractivity contribution in [3.05, 3.63) is 121 Å². The summed E-state index contributed by atoms with van der Waals surface area (Å²) in [5, 5.41) is 5.49. The fourth-order valence-electron chi connectivity index (χ4n) is 5.87. The SMILES string of the molecule is CO[Si](CCCCCCCC[Si](OC)(c1ccccc1)c1ccccc1)(c1ccccc1)c1ccccc1. The van der Waals surface area contributed by atoms with Crippen LogP contribution in [0.15, 0.2) is 121 Å². The number of rotatable bonds is 15. The molecule has 0 unspecified atom stereocenters. The normalized spacial score (nSPS) is 11.9. The maximum atomic E-state index is 6.42. The lowest BCUT2D eigenvalue weighted by Crippen LogP contribution is -2.60. The second-order valence-corrected chi connectivity index (χ2v) is 17.6. The van der Waals surface area contributed by atoms with Gasteiger partial charge >= 0.3 is 0 Å². The first-order chi connectivity index (χ1) is 18.7. The Morgan fingerprint density at radius 2 is 0.605 bits per heavy atom. The van der Waals surface area contributed by atoms with Crippen molar-refractivity contribution in [1.82, 2.24) is 0 Å². The van der Waals surface area contributed by atoms with Gasteiger partial charge in [0.25, 0.3) is 16.6 Å². The molecule has 0 heterocycles. The Morgan fingerprint density at radius 1 is 0.368 bits per heavy atom. The maximum Gasteiger partial charge on any atom is 0.255 e. The topological polar surface area (TPSA) is 18.5 Å². The third-order valence-corrected chi connectivity index (χ3v) is 16.5. The van der Waals surface area contributed by atoms with Crippen LogP contribution in [0.1, 0.15) is 38.5 Å². The van der Waals surface area contributed by atoms with E-state index in [9.17, 15) is 0 Å². The Balaban J connectivity index is 1.31. The quantitative estimate of drug-likeness (QED) is 0.134. The summed E-state index contributed by atoms with van der Waals surface area (Å²) in [6.45, 7) is 0. The van der Waals surface area contributed by atoms with Crippen molar-refractivity contribution in [3.8, 4) is 0 Å². The molecular formula is C34H42O2Si2. The van der Waals surface area contributed by atoms with Gasteiger partial charge in [-0.3, -0.25) is 0 Å². The van der Waals surface area contributed by atoms with E-state index in [1.165, 1.54) is 59.3 Å². The first-order valence-corrected chi connectivity index (χ1v) is 18.3. The average molecular weight is 539 g/mol. The van der Waals surface area contributed by atoms with Gasteiger partial charge in [-0.25, -0.2) is 0 Å². The lowest BCUT2D eigenvalue weighted by molar-refractivity contribution is 0.410. The summed E-state index contributed by atoms with van der Waals surface area (Å²) in [6, 6.07) is 45.9. The predicted octanol–water partition coefficient (Wildman–Crippen LogP) is 6.14. The van der Waals surface area contributed by atoms with E-state index < -0.39 is 16.6 Å². The average Bonchev–Trinajstić information content (AvgIpc) is 3.00. The lowest BCUT2D eigenvalue weighted by atomic mass is 10.1. The Hall–Kier alpha value is -2.77. The van der Waals surface area contributed by atoms with E-state index >= 15 is 0 Å². The highest BCUT2D eigenvalue weighted by Gasteiger charge is 2.38. The molecular weight excluding hydrogens is 497 g/mol. The molecule has 0 aliphatic heterocycles. The molecule has 0 fully saturated rings. The maximum absolute atomic E-state index is 6.42. The third-order valence-electron chi connectivity index (χ3n) is 7.97. The zero-order valence-corrected chi connectivity index (χ0v) is 25.0. The van der Waals surface area contributed by atoms with E-state index in [0.717, 1.165) is 12.1 Å². The van der Waals surface area contributed by atoms with E-state index in [2.05, 4.69) is 121 Å². The summed E-state index contributed by atoms with van der Waals surface area (Å²) in [4.78, 5) is 0.